The Hall–Kier alpha value is -1.39. The molecule has 19 heavy (non-hydrogen) atoms. The number of carbonyl (C=O) groups excluding carboxylic acids is 1. The van der Waals surface area contributed by atoms with Crippen molar-refractivity contribution in [1.82, 2.24) is 10.6 Å². The fraction of sp³-hybridized carbons (Fsp3) is 0.533. The summed E-state index contributed by atoms with van der Waals surface area (Å²) in [4.78, 5) is 12.4. The first kappa shape index (κ1) is 12.6. The highest BCUT2D eigenvalue weighted by atomic mass is 16.5. The van der Waals surface area contributed by atoms with E-state index in [1.807, 2.05) is 12.1 Å². The van der Waals surface area contributed by atoms with Gasteiger partial charge in [0.15, 0.2) is 0 Å². The molecular formula is C15H20N2O2. The topological polar surface area (TPSA) is 50.4 Å². The number of nitrogens with one attached hydrogen (secondary N) is 2. The summed E-state index contributed by atoms with van der Waals surface area (Å²) in [5, 5.41) is 6.49. The van der Waals surface area contributed by atoms with Crippen molar-refractivity contribution in [3.8, 4) is 0 Å². The molecule has 0 bridgehead atoms. The van der Waals surface area contributed by atoms with Gasteiger partial charge >= 0.3 is 0 Å². The zero-order valence-electron chi connectivity index (χ0n) is 11.0. The van der Waals surface area contributed by atoms with Crippen molar-refractivity contribution < 1.29 is 9.53 Å². The van der Waals surface area contributed by atoms with Gasteiger partial charge in [0.05, 0.1) is 5.92 Å². The molecule has 1 atom stereocenters. The smallest absolute Gasteiger partial charge is 0.229 e. The average molecular weight is 260 g/mol. The number of hydrogen-bond donors (Lipinski definition) is 2. The van der Waals surface area contributed by atoms with Gasteiger partial charge in [0, 0.05) is 32.3 Å². The summed E-state index contributed by atoms with van der Waals surface area (Å²) in [7, 11) is 0. The van der Waals surface area contributed by atoms with Crippen LogP contribution in [-0.4, -0.2) is 31.7 Å². The van der Waals surface area contributed by atoms with Crippen LogP contribution < -0.4 is 10.6 Å². The Morgan fingerprint density at radius 2 is 2.05 bits per heavy atom. The van der Waals surface area contributed by atoms with Crippen molar-refractivity contribution in [3.05, 3.63) is 35.4 Å². The highest BCUT2D eigenvalue weighted by Gasteiger charge is 2.27. The van der Waals surface area contributed by atoms with Gasteiger partial charge in [-0.25, -0.2) is 0 Å². The van der Waals surface area contributed by atoms with E-state index in [0.29, 0.717) is 0 Å². The summed E-state index contributed by atoms with van der Waals surface area (Å²) in [6.07, 6.45) is 1.85. The third-order valence-electron chi connectivity index (χ3n) is 3.98. The van der Waals surface area contributed by atoms with Crippen molar-refractivity contribution in [2.45, 2.75) is 31.3 Å². The molecule has 102 valence electrons. The van der Waals surface area contributed by atoms with Gasteiger partial charge in [-0.15, -0.1) is 0 Å². The molecule has 4 nitrogen and oxygen atoms in total. The number of benzene rings is 1. The molecule has 1 fully saturated rings. The van der Waals surface area contributed by atoms with Crippen molar-refractivity contribution in [2.75, 3.05) is 19.8 Å². The molecule has 1 unspecified atom stereocenters. The molecular weight excluding hydrogens is 240 g/mol. The van der Waals surface area contributed by atoms with Crippen LogP contribution in [0.5, 0.6) is 0 Å². The molecule has 2 aliphatic heterocycles. The van der Waals surface area contributed by atoms with E-state index in [9.17, 15) is 4.79 Å². The monoisotopic (exact) mass is 260 g/mol. The first-order valence-corrected chi connectivity index (χ1v) is 7.01. The number of hydrogen-bond acceptors (Lipinski definition) is 3. The number of amides is 1. The molecule has 2 heterocycles. The summed E-state index contributed by atoms with van der Waals surface area (Å²) in [6.45, 7) is 3.10. The predicted octanol–water partition coefficient (Wildman–Crippen LogP) is 1.17. The Balaban J connectivity index is 1.70. The lowest BCUT2D eigenvalue weighted by molar-refractivity contribution is -0.123. The third-order valence-corrected chi connectivity index (χ3v) is 3.98. The van der Waals surface area contributed by atoms with Gasteiger partial charge in [0.2, 0.25) is 5.91 Å². The van der Waals surface area contributed by atoms with E-state index in [0.717, 1.165) is 39.1 Å². The highest BCUT2D eigenvalue weighted by molar-refractivity contribution is 5.84. The normalized spacial score (nSPS) is 23.7. The second kappa shape index (κ2) is 5.72. The Kier molecular flexibility index (Phi) is 3.80. The maximum absolute atomic E-state index is 12.4. The van der Waals surface area contributed by atoms with E-state index in [-0.39, 0.29) is 17.9 Å². The van der Waals surface area contributed by atoms with Crippen molar-refractivity contribution in [1.29, 1.82) is 0 Å². The standard InChI is InChI=1S/C15H20N2O2/c18-15(17-12-5-7-19-8-6-12)14-10-16-9-11-3-1-2-4-13(11)14/h1-4,12,14,16H,5-10H2,(H,17,18). The minimum Gasteiger partial charge on any atom is -0.381 e. The van der Waals surface area contributed by atoms with Crippen LogP contribution in [0.25, 0.3) is 0 Å². The molecule has 0 saturated carbocycles. The maximum Gasteiger partial charge on any atom is 0.229 e. The Morgan fingerprint density at radius 3 is 2.89 bits per heavy atom. The van der Waals surface area contributed by atoms with Crippen LogP contribution in [0, 0.1) is 0 Å². The highest BCUT2D eigenvalue weighted by Crippen LogP contribution is 2.24. The maximum atomic E-state index is 12.4. The van der Waals surface area contributed by atoms with Crippen LogP contribution in [0.3, 0.4) is 0 Å². The molecule has 0 spiro atoms. The predicted molar refractivity (Wildman–Crippen MR) is 72.9 cm³/mol. The van der Waals surface area contributed by atoms with Crippen LogP contribution in [0.2, 0.25) is 0 Å². The van der Waals surface area contributed by atoms with Crippen LogP contribution in [0.15, 0.2) is 24.3 Å². The molecule has 1 saturated heterocycles. The molecule has 3 rings (SSSR count). The second-order valence-electron chi connectivity index (χ2n) is 5.28. The SMILES string of the molecule is O=C(NC1CCOCC1)C1CNCc2ccccc21. The van der Waals surface area contributed by atoms with E-state index in [1.54, 1.807) is 0 Å². The van der Waals surface area contributed by atoms with Gasteiger partial charge in [-0.3, -0.25) is 4.79 Å². The first-order chi connectivity index (χ1) is 9.34. The summed E-state index contributed by atoms with van der Waals surface area (Å²) in [6, 6.07) is 8.48. The van der Waals surface area contributed by atoms with Gasteiger partial charge in [-0.2, -0.15) is 0 Å². The Morgan fingerprint density at radius 1 is 1.26 bits per heavy atom. The van der Waals surface area contributed by atoms with Crippen LogP contribution in [0.4, 0.5) is 0 Å². The van der Waals surface area contributed by atoms with Gasteiger partial charge < -0.3 is 15.4 Å². The molecule has 0 aromatic heterocycles. The van der Waals surface area contributed by atoms with E-state index < -0.39 is 0 Å². The molecule has 1 aromatic rings. The summed E-state index contributed by atoms with van der Waals surface area (Å²) in [5.74, 6) is 0.0827. The molecule has 2 N–H and O–H groups in total. The van der Waals surface area contributed by atoms with E-state index >= 15 is 0 Å². The third kappa shape index (κ3) is 2.80. The van der Waals surface area contributed by atoms with Gasteiger partial charge in [-0.05, 0) is 24.0 Å². The van der Waals surface area contributed by atoms with Crippen LogP contribution in [-0.2, 0) is 16.1 Å². The molecule has 1 amide bonds. The molecule has 4 heteroatoms. The lowest BCUT2D eigenvalue weighted by atomic mass is 9.90. The summed E-state index contributed by atoms with van der Waals surface area (Å²) >= 11 is 0. The summed E-state index contributed by atoms with van der Waals surface area (Å²) < 4.78 is 5.32. The minimum atomic E-state index is -0.0622. The van der Waals surface area contributed by atoms with Gasteiger partial charge in [0.1, 0.15) is 0 Å². The van der Waals surface area contributed by atoms with Crippen molar-refractivity contribution >= 4 is 5.91 Å². The average Bonchev–Trinajstić information content (AvgIpc) is 2.47. The van der Waals surface area contributed by atoms with E-state index in [2.05, 4.69) is 22.8 Å². The van der Waals surface area contributed by atoms with Crippen LogP contribution in [0.1, 0.15) is 29.9 Å². The fourth-order valence-corrected chi connectivity index (χ4v) is 2.87. The zero-order valence-corrected chi connectivity index (χ0v) is 11.0. The number of rotatable bonds is 2. The number of carbonyl (C=O) groups is 1. The molecule has 0 radical (unpaired) electrons. The zero-order chi connectivity index (χ0) is 13.1. The molecule has 1 aromatic carbocycles. The lowest BCUT2D eigenvalue weighted by Gasteiger charge is -2.29. The quantitative estimate of drug-likeness (QED) is 0.839. The molecule has 2 aliphatic rings. The minimum absolute atomic E-state index is 0.0622. The summed E-state index contributed by atoms with van der Waals surface area (Å²) in [5.41, 5.74) is 2.41. The lowest BCUT2D eigenvalue weighted by Crippen LogP contribution is -2.45. The van der Waals surface area contributed by atoms with Gasteiger partial charge in [-0.1, -0.05) is 24.3 Å². The second-order valence-corrected chi connectivity index (χ2v) is 5.28. The first-order valence-electron chi connectivity index (χ1n) is 7.01. The van der Waals surface area contributed by atoms with Crippen molar-refractivity contribution in [3.63, 3.8) is 0 Å². The largest absolute Gasteiger partial charge is 0.381 e. The number of fused-ring (bicyclic) bond motifs is 1. The van der Waals surface area contributed by atoms with E-state index in [4.69, 9.17) is 4.74 Å². The molecule has 0 aliphatic carbocycles. The fourth-order valence-electron chi connectivity index (χ4n) is 2.87. The van der Waals surface area contributed by atoms with Crippen molar-refractivity contribution in [2.24, 2.45) is 0 Å². The Bertz CT molecular complexity index is 455. The number of ether oxygens (including phenoxy) is 1. The Labute approximate surface area is 113 Å². The van der Waals surface area contributed by atoms with E-state index in [1.165, 1.54) is 11.1 Å². The van der Waals surface area contributed by atoms with Crippen LogP contribution >= 0.6 is 0 Å². The van der Waals surface area contributed by atoms with Gasteiger partial charge in [0.25, 0.3) is 0 Å².